The number of nitro groups is 1. The Morgan fingerprint density at radius 3 is 2.36 bits per heavy atom. The van der Waals surface area contributed by atoms with E-state index in [1.165, 1.54) is 12.1 Å². The second-order valence-electron chi connectivity index (χ2n) is 5.96. The van der Waals surface area contributed by atoms with Crippen molar-refractivity contribution in [2.24, 2.45) is 0 Å². The minimum absolute atomic E-state index is 0.105. The molecule has 0 aliphatic carbocycles. The lowest BCUT2D eigenvalue weighted by Crippen LogP contribution is -2.35. The van der Waals surface area contributed by atoms with Crippen molar-refractivity contribution in [3.63, 3.8) is 0 Å². The molecule has 0 fully saturated rings. The Labute approximate surface area is 164 Å². The van der Waals surface area contributed by atoms with Crippen molar-refractivity contribution in [2.75, 3.05) is 18.4 Å². The lowest BCUT2D eigenvalue weighted by Gasteiger charge is -2.14. The van der Waals surface area contributed by atoms with Gasteiger partial charge in [0.25, 0.3) is 17.5 Å². The average Bonchev–Trinajstić information content (AvgIpc) is 2.91. The third-order valence-electron chi connectivity index (χ3n) is 4.13. The molecule has 9 nitrogen and oxygen atoms in total. The molecule has 2 aromatic carbocycles. The topological polar surface area (TPSA) is 122 Å². The molecule has 0 radical (unpaired) electrons. The van der Waals surface area contributed by atoms with Gasteiger partial charge in [-0.3, -0.25) is 24.6 Å². The van der Waals surface area contributed by atoms with Crippen molar-refractivity contribution in [2.45, 2.75) is 6.42 Å². The Morgan fingerprint density at radius 1 is 1.11 bits per heavy atom. The summed E-state index contributed by atoms with van der Waals surface area (Å²) in [5, 5.41) is 15.9. The van der Waals surface area contributed by atoms with E-state index in [9.17, 15) is 24.5 Å². The Hall–Kier alpha value is -3.46. The first kappa shape index (κ1) is 19.3. The summed E-state index contributed by atoms with van der Waals surface area (Å²) in [6.45, 7) is 0.343. The first-order valence-corrected chi connectivity index (χ1v) is 8.70. The molecule has 1 aliphatic rings. The first-order valence-electron chi connectivity index (χ1n) is 8.32. The fraction of sp³-hybridized carbons (Fsp3) is 0.167. The zero-order valence-electron chi connectivity index (χ0n) is 14.5. The molecule has 0 spiro atoms. The van der Waals surface area contributed by atoms with Crippen molar-refractivity contribution in [3.05, 3.63) is 68.7 Å². The molecule has 1 heterocycles. The smallest absolute Gasteiger partial charge is 0.319 e. The van der Waals surface area contributed by atoms with E-state index in [1.807, 2.05) is 0 Å². The van der Waals surface area contributed by atoms with Crippen LogP contribution in [0.4, 0.5) is 16.2 Å². The standard InChI is InChI=1S/C18H15ClN4O5/c19-14-7-6-11(23(27)28)10-15(14)21-18(26)20-8-3-9-22-16(24)12-4-1-2-5-13(12)17(22)25/h1-2,4-7,10H,3,8-9H2,(H2,20,21,26). The number of hydrogen-bond acceptors (Lipinski definition) is 5. The zero-order valence-corrected chi connectivity index (χ0v) is 15.2. The number of carbonyl (C=O) groups is 3. The van der Waals surface area contributed by atoms with Crippen LogP contribution >= 0.6 is 11.6 Å². The predicted octanol–water partition coefficient (Wildman–Crippen LogP) is 3.06. The van der Waals surface area contributed by atoms with E-state index in [0.717, 1.165) is 11.0 Å². The van der Waals surface area contributed by atoms with E-state index in [2.05, 4.69) is 10.6 Å². The van der Waals surface area contributed by atoms with Gasteiger partial charge >= 0.3 is 6.03 Å². The van der Waals surface area contributed by atoms with Gasteiger partial charge in [0.2, 0.25) is 0 Å². The lowest BCUT2D eigenvalue weighted by molar-refractivity contribution is -0.384. The minimum Gasteiger partial charge on any atom is -0.338 e. The van der Waals surface area contributed by atoms with E-state index in [-0.39, 0.29) is 41.3 Å². The van der Waals surface area contributed by atoms with Gasteiger partial charge in [-0.25, -0.2) is 4.79 Å². The summed E-state index contributed by atoms with van der Waals surface area (Å²) in [6.07, 6.45) is 0.349. The quantitative estimate of drug-likeness (QED) is 0.333. The number of halogens is 1. The van der Waals surface area contributed by atoms with Crippen LogP contribution in [0.15, 0.2) is 42.5 Å². The summed E-state index contributed by atoms with van der Waals surface area (Å²) in [5.41, 5.74) is 0.649. The van der Waals surface area contributed by atoms with Gasteiger partial charge in [0.05, 0.1) is 26.8 Å². The Balaban J connectivity index is 1.49. The minimum atomic E-state index is -0.607. The van der Waals surface area contributed by atoms with Crippen LogP contribution in [0.2, 0.25) is 5.02 Å². The number of urea groups is 1. The Bertz CT molecular complexity index is 943. The van der Waals surface area contributed by atoms with Gasteiger partial charge in [-0.05, 0) is 24.6 Å². The highest BCUT2D eigenvalue weighted by Crippen LogP contribution is 2.26. The lowest BCUT2D eigenvalue weighted by atomic mass is 10.1. The molecule has 0 bridgehead atoms. The van der Waals surface area contributed by atoms with Gasteiger partial charge in [0, 0.05) is 25.2 Å². The van der Waals surface area contributed by atoms with E-state index < -0.39 is 11.0 Å². The van der Waals surface area contributed by atoms with Crippen molar-refractivity contribution < 1.29 is 19.3 Å². The third kappa shape index (κ3) is 3.94. The molecule has 144 valence electrons. The summed E-state index contributed by atoms with van der Waals surface area (Å²) < 4.78 is 0. The van der Waals surface area contributed by atoms with Gasteiger partial charge in [-0.2, -0.15) is 0 Å². The summed E-state index contributed by atoms with van der Waals surface area (Å²) in [7, 11) is 0. The monoisotopic (exact) mass is 402 g/mol. The van der Waals surface area contributed by atoms with Crippen molar-refractivity contribution >= 4 is 40.8 Å². The number of imide groups is 1. The zero-order chi connectivity index (χ0) is 20.3. The second-order valence-corrected chi connectivity index (χ2v) is 6.37. The number of amides is 4. The summed E-state index contributed by atoms with van der Waals surface area (Å²) >= 11 is 5.92. The number of fused-ring (bicyclic) bond motifs is 1. The molecule has 0 saturated carbocycles. The van der Waals surface area contributed by atoms with Crippen molar-refractivity contribution in [1.29, 1.82) is 0 Å². The third-order valence-corrected chi connectivity index (χ3v) is 4.46. The van der Waals surface area contributed by atoms with Crippen LogP contribution in [0.3, 0.4) is 0 Å². The maximum Gasteiger partial charge on any atom is 0.319 e. The van der Waals surface area contributed by atoms with Crippen molar-refractivity contribution in [3.8, 4) is 0 Å². The highest BCUT2D eigenvalue weighted by atomic mass is 35.5. The van der Waals surface area contributed by atoms with Crippen LogP contribution in [-0.2, 0) is 0 Å². The molecule has 0 atom stereocenters. The maximum absolute atomic E-state index is 12.2. The van der Waals surface area contributed by atoms with E-state index in [1.54, 1.807) is 24.3 Å². The van der Waals surface area contributed by atoms with E-state index in [0.29, 0.717) is 17.5 Å². The number of non-ortho nitro benzene ring substituents is 1. The van der Waals surface area contributed by atoms with Crippen LogP contribution in [0.1, 0.15) is 27.1 Å². The summed E-state index contributed by atoms with van der Waals surface area (Å²) in [4.78, 5) is 47.8. The largest absolute Gasteiger partial charge is 0.338 e. The fourth-order valence-electron chi connectivity index (χ4n) is 2.77. The van der Waals surface area contributed by atoms with E-state index in [4.69, 9.17) is 11.6 Å². The number of carbonyl (C=O) groups excluding carboxylic acids is 3. The molecular formula is C18H15ClN4O5. The predicted molar refractivity (Wildman–Crippen MR) is 102 cm³/mol. The molecule has 2 N–H and O–H groups in total. The molecular weight excluding hydrogens is 388 g/mol. The maximum atomic E-state index is 12.2. The second kappa shape index (κ2) is 8.05. The normalized spacial score (nSPS) is 12.7. The highest BCUT2D eigenvalue weighted by Gasteiger charge is 2.34. The molecule has 3 rings (SSSR count). The molecule has 2 aromatic rings. The molecule has 10 heteroatoms. The molecule has 0 aromatic heterocycles. The van der Waals surface area contributed by atoms with Gasteiger partial charge < -0.3 is 10.6 Å². The molecule has 1 aliphatic heterocycles. The molecule has 4 amide bonds. The highest BCUT2D eigenvalue weighted by molar-refractivity contribution is 6.33. The Kier molecular flexibility index (Phi) is 5.55. The average molecular weight is 403 g/mol. The van der Waals surface area contributed by atoms with Crippen LogP contribution in [0.25, 0.3) is 0 Å². The fourth-order valence-corrected chi connectivity index (χ4v) is 2.94. The number of anilines is 1. The van der Waals surface area contributed by atoms with Gasteiger partial charge in [0.1, 0.15) is 0 Å². The number of rotatable bonds is 6. The Morgan fingerprint density at radius 2 is 1.75 bits per heavy atom. The SMILES string of the molecule is O=C(NCCCN1C(=O)c2ccccc2C1=O)Nc1cc([N+](=O)[O-])ccc1Cl. The van der Waals surface area contributed by atoms with Gasteiger partial charge in [-0.1, -0.05) is 23.7 Å². The molecule has 0 unspecified atom stereocenters. The number of nitrogens with one attached hydrogen (secondary N) is 2. The number of hydrogen-bond donors (Lipinski definition) is 2. The number of nitro benzene ring substituents is 1. The van der Waals surface area contributed by atoms with Crippen LogP contribution < -0.4 is 10.6 Å². The summed E-state index contributed by atoms with van der Waals surface area (Å²) in [5.74, 6) is -0.707. The van der Waals surface area contributed by atoms with Crippen LogP contribution in [0.5, 0.6) is 0 Å². The summed E-state index contributed by atoms with van der Waals surface area (Å²) in [6, 6.07) is 9.68. The number of nitrogens with zero attached hydrogens (tertiary/aromatic N) is 2. The number of benzene rings is 2. The van der Waals surface area contributed by atoms with Gasteiger partial charge in [0.15, 0.2) is 0 Å². The van der Waals surface area contributed by atoms with Crippen LogP contribution in [-0.4, -0.2) is 40.8 Å². The molecule has 0 saturated heterocycles. The van der Waals surface area contributed by atoms with Gasteiger partial charge in [-0.15, -0.1) is 0 Å². The molecule has 28 heavy (non-hydrogen) atoms. The van der Waals surface area contributed by atoms with E-state index >= 15 is 0 Å². The van der Waals surface area contributed by atoms with Crippen molar-refractivity contribution in [1.82, 2.24) is 10.2 Å². The van der Waals surface area contributed by atoms with Crippen LogP contribution in [0, 0.1) is 10.1 Å². The first-order chi connectivity index (χ1) is 13.4.